The lowest BCUT2D eigenvalue weighted by atomic mass is 10.1. The summed E-state index contributed by atoms with van der Waals surface area (Å²) in [5.74, 6) is -0.719. The van der Waals surface area contributed by atoms with Crippen molar-refractivity contribution in [3.8, 4) is 0 Å². The fourth-order valence-corrected chi connectivity index (χ4v) is 4.62. The van der Waals surface area contributed by atoms with Gasteiger partial charge in [-0.25, -0.2) is 17.9 Å². The topological polar surface area (TPSA) is 116 Å². The van der Waals surface area contributed by atoms with Crippen LogP contribution in [0, 0.1) is 17.0 Å². The number of halogens is 1. The largest absolute Gasteiger partial charge is 0.462 e. The normalized spacial score (nSPS) is 12.2. The van der Waals surface area contributed by atoms with Crippen molar-refractivity contribution in [3.05, 3.63) is 105 Å². The van der Waals surface area contributed by atoms with Crippen LogP contribution in [0.15, 0.2) is 77.7 Å². The Kier molecular flexibility index (Phi) is 7.80. The number of hydrogen-bond acceptors (Lipinski definition) is 6. The number of nitro groups is 1. The number of benzene rings is 3. The molecule has 0 saturated heterocycles. The van der Waals surface area contributed by atoms with Gasteiger partial charge in [-0.05, 0) is 42.8 Å². The average Bonchev–Trinajstić information content (AvgIpc) is 2.79. The Hall–Kier alpha value is -3.27. The molecule has 0 aliphatic heterocycles. The van der Waals surface area contributed by atoms with E-state index in [0.29, 0.717) is 10.6 Å². The summed E-state index contributed by atoms with van der Waals surface area (Å²) in [5.41, 5.74) is 0.803. The van der Waals surface area contributed by atoms with E-state index in [-0.39, 0.29) is 34.7 Å². The molecule has 0 spiro atoms. The Labute approximate surface area is 196 Å². The van der Waals surface area contributed by atoms with Gasteiger partial charge in [0, 0.05) is 23.1 Å². The highest BCUT2D eigenvalue weighted by atomic mass is 35.5. The van der Waals surface area contributed by atoms with Crippen LogP contribution in [0.5, 0.6) is 0 Å². The fourth-order valence-electron chi connectivity index (χ4n) is 3.24. The van der Waals surface area contributed by atoms with E-state index in [4.69, 9.17) is 16.3 Å². The van der Waals surface area contributed by atoms with Crippen LogP contribution in [-0.4, -0.2) is 25.9 Å². The van der Waals surface area contributed by atoms with E-state index in [1.807, 2.05) is 0 Å². The van der Waals surface area contributed by atoms with E-state index in [0.717, 1.165) is 0 Å². The number of carbonyl (C=O) groups excluding carboxylic acids is 1. The molecule has 1 N–H and O–H groups in total. The number of rotatable bonds is 9. The van der Waals surface area contributed by atoms with E-state index in [1.165, 1.54) is 49.4 Å². The molecule has 0 unspecified atom stereocenters. The molecule has 0 heterocycles. The van der Waals surface area contributed by atoms with Gasteiger partial charge in [-0.2, -0.15) is 0 Å². The van der Waals surface area contributed by atoms with Gasteiger partial charge in [-0.3, -0.25) is 10.1 Å². The van der Waals surface area contributed by atoms with Crippen molar-refractivity contribution in [2.24, 2.45) is 0 Å². The highest BCUT2D eigenvalue weighted by Crippen LogP contribution is 2.24. The van der Waals surface area contributed by atoms with E-state index >= 15 is 0 Å². The molecule has 1 atom stereocenters. The maximum absolute atomic E-state index is 12.9. The summed E-state index contributed by atoms with van der Waals surface area (Å²) < 4.78 is 33.7. The maximum Gasteiger partial charge on any atom is 0.338 e. The predicted molar refractivity (Wildman–Crippen MR) is 124 cm³/mol. The Bertz CT molecular complexity index is 1250. The number of hydrogen-bond donors (Lipinski definition) is 1. The zero-order chi connectivity index (χ0) is 24.0. The summed E-state index contributed by atoms with van der Waals surface area (Å²) in [4.78, 5) is 23.1. The number of nitro benzene ring substituents is 1. The third-order valence-electron chi connectivity index (χ3n) is 4.98. The van der Waals surface area contributed by atoms with Crippen molar-refractivity contribution < 1.29 is 22.9 Å². The first kappa shape index (κ1) is 24.4. The first-order valence-electron chi connectivity index (χ1n) is 9.93. The number of esters is 1. The molecule has 3 aromatic carbocycles. The van der Waals surface area contributed by atoms with Gasteiger partial charge in [-0.15, -0.1) is 0 Å². The molecule has 0 aliphatic rings. The van der Waals surface area contributed by atoms with Gasteiger partial charge in [0.25, 0.3) is 5.69 Å². The fraction of sp³-hybridized carbons (Fsp3) is 0.174. The smallest absolute Gasteiger partial charge is 0.338 e. The van der Waals surface area contributed by atoms with Gasteiger partial charge in [0.05, 0.1) is 28.0 Å². The molecule has 8 nitrogen and oxygen atoms in total. The van der Waals surface area contributed by atoms with Crippen molar-refractivity contribution in [3.63, 3.8) is 0 Å². The third-order valence-corrected chi connectivity index (χ3v) is 6.72. The molecule has 0 bridgehead atoms. The summed E-state index contributed by atoms with van der Waals surface area (Å²) in [5, 5.41) is 11.5. The van der Waals surface area contributed by atoms with Gasteiger partial charge >= 0.3 is 5.97 Å². The molecule has 0 radical (unpaired) electrons. The molecule has 172 valence electrons. The lowest BCUT2D eigenvalue weighted by Gasteiger charge is -2.19. The van der Waals surface area contributed by atoms with Gasteiger partial charge in [0.15, 0.2) is 0 Å². The standard InChI is InChI=1S/C23H21ClN2O6S/c1-16-20(8-5-9-22(16)26(28)29)23(27)32-15-14-21(17-6-3-2-4-7-17)25-33(30,31)19-12-10-18(24)11-13-19/h2-13,21,25H,14-15H2,1H3/t21-/m0/s1. The second-order valence-corrected chi connectivity index (χ2v) is 9.32. The van der Waals surface area contributed by atoms with E-state index in [1.54, 1.807) is 30.3 Å². The van der Waals surface area contributed by atoms with Crippen LogP contribution in [0.4, 0.5) is 5.69 Å². The molecule has 0 aromatic heterocycles. The minimum atomic E-state index is -3.87. The minimum absolute atomic E-state index is 0.0528. The molecule has 10 heteroatoms. The van der Waals surface area contributed by atoms with Crippen molar-refractivity contribution in [1.82, 2.24) is 4.72 Å². The SMILES string of the molecule is Cc1c(C(=O)OCC[C@H](NS(=O)(=O)c2ccc(Cl)cc2)c2ccccc2)cccc1[N+](=O)[O-]. The molecule has 3 aromatic rings. The predicted octanol–water partition coefficient (Wildman–Crippen LogP) is 4.82. The Morgan fingerprint density at radius 1 is 1.06 bits per heavy atom. The van der Waals surface area contributed by atoms with Crippen molar-refractivity contribution in [1.29, 1.82) is 0 Å². The van der Waals surface area contributed by atoms with Gasteiger partial charge in [0.1, 0.15) is 0 Å². The summed E-state index contributed by atoms with van der Waals surface area (Å²) >= 11 is 5.85. The first-order chi connectivity index (χ1) is 15.7. The molecule has 0 saturated carbocycles. The van der Waals surface area contributed by atoms with Crippen LogP contribution in [-0.2, 0) is 14.8 Å². The zero-order valence-corrected chi connectivity index (χ0v) is 19.2. The number of nitrogens with zero attached hydrogens (tertiary/aromatic N) is 1. The molecule has 0 fully saturated rings. The van der Waals surface area contributed by atoms with Crippen molar-refractivity contribution in [2.75, 3.05) is 6.61 Å². The van der Waals surface area contributed by atoms with Crippen LogP contribution < -0.4 is 4.72 Å². The van der Waals surface area contributed by atoms with Gasteiger partial charge in [-0.1, -0.05) is 48.0 Å². The molecule has 33 heavy (non-hydrogen) atoms. The van der Waals surface area contributed by atoms with E-state index in [2.05, 4.69) is 4.72 Å². The summed E-state index contributed by atoms with van der Waals surface area (Å²) in [6.07, 6.45) is 0.149. The van der Waals surface area contributed by atoms with Gasteiger partial charge < -0.3 is 4.74 Å². The summed E-state index contributed by atoms with van der Waals surface area (Å²) in [6.45, 7) is 1.37. The zero-order valence-electron chi connectivity index (χ0n) is 17.6. The summed E-state index contributed by atoms with van der Waals surface area (Å²) in [7, 11) is -3.87. The number of carbonyl (C=O) groups is 1. The number of nitrogens with one attached hydrogen (secondary N) is 1. The Morgan fingerprint density at radius 2 is 1.73 bits per heavy atom. The molecular weight excluding hydrogens is 468 g/mol. The quantitative estimate of drug-likeness (QED) is 0.262. The minimum Gasteiger partial charge on any atom is -0.462 e. The molecular formula is C23H21ClN2O6S. The summed E-state index contributed by atoms with van der Waals surface area (Å²) in [6, 6.07) is 18.1. The van der Waals surface area contributed by atoms with Crippen LogP contribution in [0.3, 0.4) is 0 Å². The number of ether oxygens (including phenoxy) is 1. The van der Waals surface area contributed by atoms with Crippen molar-refractivity contribution in [2.45, 2.75) is 24.3 Å². The number of sulfonamides is 1. The van der Waals surface area contributed by atoms with E-state index in [9.17, 15) is 23.3 Å². The van der Waals surface area contributed by atoms with Crippen LogP contribution in [0.25, 0.3) is 0 Å². The highest BCUT2D eigenvalue weighted by molar-refractivity contribution is 7.89. The molecule has 0 amide bonds. The monoisotopic (exact) mass is 488 g/mol. The van der Waals surface area contributed by atoms with Crippen LogP contribution in [0.1, 0.15) is 33.9 Å². The molecule has 3 rings (SSSR count). The molecule has 0 aliphatic carbocycles. The lowest BCUT2D eigenvalue weighted by molar-refractivity contribution is -0.385. The highest BCUT2D eigenvalue weighted by Gasteiger charge is 2.23. The maximum atomic E-state index is 12.9. The van der Waals surface area contributed by atoms with Crippen LogP contribution in [0.2, 0.25) is 5.02 Å². The lowest BCUT2D eigenvalue weighted by Crippen LogP contribution is -2.30. The second-order valence-electron chi connectivity index (χ2n) is 7.17. The van der Waals surface area contributed by atoms with E-state index < -0.39 is 27.0 Å². The Balaban J connectivity index is 1.74. The average molecular weight is 489 g/mol. The Morgan fingerprint density at radius 3 is 2.36 bits per heavy atom. The second kappa shape index (κ2) is 10.6. The van der Waals surface area contributed by atoms with Gasteiger partial charge in [0.2, 0.25) is 10.0 Å². The first-order valence-corrected chi connectivity index (χ1v) is 11.8. The van der Waals surface area contributed by atoms with Crippen LogP contribution >= 0.6 is 11.6 Å². The third kappa shape index (κ3) is 6.16. The van der Waals surface area contributed by atoms with Crippen molar-refractivity contribution >= 4 is 33.3 Å².